The van der Waals surface area contributed by atoms with E-state index in [0.29, 0.717) is 6.61 Å². The summed E-state index contributed by atoms with van der Waals surface area (Å²) in [7, 11) is 0. The van der Waals surface area contributed by atoms with Gasteiger partial charge in [0.05, 0.1) is 28.6 Å². The van der Waals surface area contributed by atoms with Crippen molar-refractivity contribution < 1.29 is 9.53 Å². The number of ether oxygens (including phenoxy) is 1. The van der Waals surface area contributed by atoms with E-state index in [1.54, 1.807) is 11.3 Å². The van der Waals surface area contributed by atoms with E-state index in [1.165, 1.54) is 10.5 Å². The topological polar surface area (TPSA) is 39.2 Å². The Morgan fingerprint density at radius 1 is 1.65 bits per heavy atom. The molecular weight excluding hydrogens is 234 g/mol. The van der Waals surface area contributed by atoms with Crippen molar-refractivity contribution in [2.45, 2.75) is 33.1 Å². The Labute approximate surface area is 106 Å². The van der Waals surface area contributed by atoms with Gasteiger partial charge in [-0.15, -0.1) is 11.3 Å². The summed E-state index contributed by atoms with van der Waals surface area (Å²) in [5, 5.41) is 0. The Morgan fingerprint density at radius 3 is 3.00 bits per heavy atom. The Balaban J connectivity index is 2.03. The zero-order chi connectivity index (χ0) is 12.3. The first-order valence-corrected chi connectivity index (χ1v) is 6.86. The number of carbonyl (C=O) groups excluding carboxylic acids is 1. The molecule has 0 bridgehead atoms. The second-order valence-electron chi connectivity index (χ2n) is 4.22. The summed E-state index contributed by atoms with van der Waals surface area (Å²) in [6, 6.07) is 0. The largest absolute Gasteiger partial charge is 0.466 e. The van der Waals surface area contributed by atoms with Gasteiger partial charge < -0.3 is 4.74 Å². The van der Waals surface area contributed by atoms with Gasteiger partial charge in [0.1, 0.15) is 0 Å². The molecule has 0 saturated heterocycles. The van der Waals surface area contributed by atoms with Crippen LogP contribution in [0.25, 0.3) is 5.57 Å². The third-order valence-electron chi connectivity index (χ3n) is 3.07. The molecule has 0 saturated carbocycles. The molecule has 2 rings (SSSR count). The Kier molecular flexibility index (Phi) is 3.94. The number of carbonyl (C=O) groups is 1. The first kappa shape index (κ1) is 12.3. The minimum Gasteiger partial charge on any atom is -0.466 e. The molecular formula is C13H17NO2S. The zero-order valence-electron chi connectivity index (χ0n) is 10.2. The molecule has 0 aromatic carbocycles. The van der Waals surface area contributed by atoms with Crippen molar-refractivity contribution in [1.29, 1.82) is 0 Å². The van der Waals surface area contributed by atoms with E-state index in [4.69, 9.17) is 4.74 Å². The molecule has 17 heavy (non-hydrogen) atoms. The molecule has 1 aromatic rings. The van der Waals surface area contributed by atoms with Crippen LogP contribution < -0.4 is 0 Å². The molecule has 4 heteroatoms. The molecule has 1 aliphatic rings. The van der Waals surface area contributed by atoms with Gasteiger partial charge >= 0.3 is 5.97 Å². The van der Waals surface area contributed by atoms with E-state index in [2.05, 4.69) is 11.1 Å². The summed E-state index contributed by atoms with van der Waals surface area (Å²) >= 11 is 1.68. The SMILES string of the molecule is CCOC(=O)C1CC=C(c2scnc2C)CC1. The Hall–Kier alpha value is -1.16. The van der Waals surface area contributed by atoms with Gasteiger partial charge in [0.25, 0.3) is 0 Å². The van der Waals surface area contributed by atoms with E-state index < -0.39 is 0 Å². The predicted molar refractivity (Wildman–Crippen MR) is 68.8 cm³/mol. The molecule has 0 spiro atoms. The van der Waals surface area contributed by atoms with Crippen molar-refractivity contribution >= 4 is 22.9 Å². The van der Waals surface area contributed by atoms with Crippen LogP contribution in [0.3, 0.4) is 0 Å². The van der Waals surface area contributed by atoms with E-state index >= 15 is 0 Å². The van der Waals surface area contributed by atoms with Crippen molar-refractivity contribution in [1.82, 2.24) is 4.98 Å². The zero-order valence-corrected chi connectivity index (χ0v) is 11.0. The van der Waals surface area contributed by atoms with Crippen molar-refractivity contribution in [3.05, 3.63) is 22.2 Å². The molecule has 0 N–H and O–H groups in total. The average Bonchev–Trinajstić information content (AvgIpc) is 2.76. The third-order valence-corrected chi connectivity index (χ3v) is 4.07. The number of nitrogens with zero attached hydrogens (tertiary/aromatic N) is 1. The normalized spacial score (nSPS) is 19.9. The molecule has 1 atom stereocenters. The van der Waals surface area contributed by atoms with Crippen LogP contribution in [0, 0.1) is 12.8 Å². The summed E-state index contributed by atoms with van der Waals surface area (Å²) in [4.78, 5) is 17.1. The van der Waals surface area contributed by atoms with Crippen LogP contribution in [0.15, 0.2) is 11.6 Å². The standard InChI is InChI=1S/C13H17NO2S/c1-3-16-13(15)11-6-4-10(5-7-11)12-9(2)14-8-17-12/h4,8,11H,3,5-7H2,1-2H3. The maximum atomic E-state index is 11.6. The summed E-state index contributed by atoms with van der Waals surface area (Å²) in [6.45, 7) is 4.35. The fraction of sp³-hybridized carbons (Fsp3) is 0.538. The number of thiazole rings is 1. The molecule has 1 aliphatic carbocycles. The van der Waals surface area contributed by atoms with Gasteiger partial charge in [0, 0.05) is 0 Å². The van der Waals surface area contributed by atoms with Crippen LogP contribution in [0.5, 0.6) is 0 Å². The van der Waals surface area contributed by atoms with Crippen molar-refractivity contribution in [2.75, 3.05) is 6.61 Å². The summed E-state index contributed by atoms with van der Waals surface area (Å²) in [5.74, 6) is -0.00393. The molecule has 0 radical (unpaired) electrons. The molecule has 92 valence electrons. The third kappa shape index (κ3) is 2.75. The average molecular weight is 251 g/mol. The summed E-state index contributed by atoms with van der Waals surface area (Å²) < 4.78 is 5.05. The maximum absolute atomic E-state index is 11.6. The van der Waals surface area contributed by atoms with E-state index in [-0.39, 0.29) is 11.9 Å². The van der Waals surface area contributed by atoms with Crippen LogP contribution in [-0.4, -0.2) is 17.6 Å². The van der Waals surface area contributed by atoms with Gasteiger partial charge in [-0.2, -0.15) is 0 Å². The molecule has 0 aliphatic heterocycles. The van der Waals surface area contributed by atoms with Gasteiger partial charge in [0.15, 0.2) is 0 Å². The number of rotatable bonds is 3. The first-order chi connectivity index (χ1) is 8.22. The lowest BCUT2D eigenvalue weighted by molar-refractivity contribution is -0.148. The molecule has 0 amide bonds. The Morgan fingerprint density at radius 2 is 2.47 bits per heavy atom. The second kappa shape index (κ2) is 5.45. The first-order valence-electron chi connectivity index (χ1n) is 5.98. The van der Waals surface area contributed by atoms with E-state index in [9.17, 15) is 4.79 Å². The molecule has 0 fully saturated rings. The lowest BCUT2D eigenvalue weighted by atomic mass is 9.89. The summed E-state index contributed by atoms with van der Waals surface area (Å²) in [5.41, 5.74) is 4.31. The van der Waals surface area contributed by atoms with Crippen LogP contribution in [0.2, 0.25) is 0 Å². The maximum Gasteiger partial charge on any atom is 0.309 e. The monoisotopic (exact) mass is 251 g/mol. The highest BCUT2D eigenvalue weighted by Gasteiger charge is 2.23. The van der Waals surface area contributed by atoms with Gasteiger partial charge in [-0.3, -0.25) is 4.79 Å². The lowest BCUT2D eigenvalue weighted by Crippen LogP contribution is -2.19. The number of aryl methyl sites for hydroxylation is 1. The number of hydrogen-bond acceptors (Lipinski definition) is 4. The predicted octanol–water partition coefficient (Wildman–Crippen LogP) is 3.20. The van der Waals surface area contributed by atoms with E-state index in [0.717, 1.165) is 25.0 Å². The van der Waals surface area contributed by atoms with Crippen molar-refractivity contribution in [2.24, 2.45) is 5.92 Å². The smallest absolute Gasteiger partial charge is 0.309 e. The molecule has 1 heterocycles. The molecule has 1 aromatic heterocycles. The van der Waals surface area contributed by atoms with Crippen LogP contribution in [-0.2, 0) is 9.53 Å². The van der Waals surface area contributed by atoms with Gasteiger partial charge in [-0.25, -0.2) is 4.98 Å². The van der Waals surface area contributed by atoms with Gasteiger partial charge in [-0.05, 0) is 38.7 Å². The van der Waals surface area contributed by atoms with Crippen LogP contribution in [0.1, 0.15) is 36.8 Å². The second-order valence-corrected chi connectivity index (χ2v) is 5.07. The fourth-order valence-electron chi connectivity index (χ4n) is 2.12. The highest BCUT2D eigenvalue weighted by Crippen LogP contribution is 2.33. The van der Waals surface area contributed by atoms with Crippen molar-refractivity contribution in [3.63, 3.8) is 0 Å². The highest BCUT2D eigenvalue weighted by atomic mass is 32.1. The van der Waals surface area contributed by atoms with Gasteiger partial charge in [-0.1, -0.05) is 6.08 Å². The van der Waals surface area contributed by atoms with Gasteiger partial charge in [0.2, 0.25) is 0 Å². The minimum absolute atomic E-state index is 0.0481. The summed E-state index contributed by atoms with van der Waals surface area (Å²) in [6.07, 6.45) is 4.81. The molecule has 3 nitrogen and oxygen atoms in total. The Bertz CT molecular complexity index is 436. The highest BCUT2D eigenvalue weighted by molar-refractivity contribution is 7.10. The number of hydrogen-bond donors (Lipinski definition) is 0. The fourth-order valence-corrected chi connectivity index (χ4v) is 3.00. The molecule has 1 unspecified atom stereocenters. The number of allylic oxidation sites excluding steroid dienone is 2. The number of esters is 1. The number of aromatic nitrogens is 1. The van der Waals surface area contributed by atoms with Crippen LogP contribution >= 0.6 is 11.3 Å². The minimum atomic E-state index is -0.0520. The quantitative estimate of drug-likeness (QED) is 0.774. The van der Waals surface area contributed by atoms with Crippen molar-refractivity contribution in [3.8, 4) is 0 Å². The van der Waals surface area contributed by atoms with Crippen LogP contribution in [0.4, 0.5) is 0 Å². The lowest BCUT2D eigenvalue weighted by Gasteiger charge is -2.20. The van der Waals surface area contributed by atoms with E-state index in [1.807, 2.05) is 19.4 Å².